The Kier molecular flexibility index (Phi) is 2.20. The summed E-state index contributed by atoms with van der Waals surface area (Å²) in [4.78, 5) is 11.3. The number of phenolic OH excluding ortho intramolecular Hbond substituents is 1. The average Bonchev–Trinajstić information content (AvgIpc) is 2.38. The molecule has 3 nitrogen and oxygen atoms in total. The third-order valence-corrected chi connectivity index (χ3v) is 3.11. The van der Waals surface area contributed by atoms with Crippen molar-refractivity contribution in [1.82, 2.24) is 0 Å². The summed E-state index contributed by atoms with van der Waals surface area (Å²) in [5, 5.41) is 22.0. The largest absolute Gasteiger partial charge is 0.507 e. The lowest BCUT2D eigenvalue weighted by atomic mass is 9.97. The van der Waals surface area contributed by atoms with Crippen LogP contribution in [0.25, 0.3) is 21.5 Å². The number of carboxylic acid groups (broad SMARTS) is 1. The first kappa shape index (κ1) is 10.6. The second-order valence-electron chi connectivity index (χ2n) is 4.15. The van der Waals surface area contributed by atoms with Crippen LogP contribution in [0.2, 0.25) is 0 Å². The third kappa shape index (κ3) is 1.41. The number of aromatic carboxylic acids is 1. The van der Waals surface area contributed by atoms with Crippen LogP contribution in [-0.2, 0) is 0 Å². The Morgan fingerprint density at radius 1 is 0.833 bits per heavy atom. The van der Waals surface area contributed by atoms with Crippen LogP contribution in [0.4, 0.5) is 0 Å². The van der Waals surface area contributed by atoms with Crippen molar-refractivity contribution in [2.45, 2.75) is 0 Å². The van der Waals surface area contributed by atoms with Gasteiger partial charge in [0.2, 0.25) is 0 Å². The molecular formula is C15H10O3. The molecule has 0 fully saturated rings. The summed E-state index contributed by atoms with van der Waals surface area (Å²) < 4.78 is 0. The van der Waals surface area contributed by atoms with Crippen LogP contribution < -0.4 is 0 Å². The molecule has 0 spiro atoms. The number of carbonyl (C=O) groups is 1. The molecule has 0 radical (unpaired) electrons. The quantitative estimate of drug-likeness (QED) is 0.639. The molecule has 0 aliphatic heterocycles. The van der Waals surface area contributed by atoms with Gasteiger partial charge in [-0.25, -0.2) is 4.79 Å². The van der Waals surface area contributed by atoms with E-state index in [9.17, 15) is 15.0 Å². The number of aromatic hydroxyl groups is 1. The van der Waals surface area contributed by atoms with E-state index in [1.807, 2.05) is 24.3 Å². The van der Waals surface area contributed by atoms with E-state index >= 15 is 0 Å². The lowest BCUT2D eigenvalue weighted by Gasteiger charge is -2.08. The van der Waals surface area contributed by atoms with Crippen molar-refractivity contribution in [1.29, 1.82) is 0 Å². The Hall–Kier alpha value is -2.55. The lowest BCUT2D eigenvalue weighted by molar-refractivity contribution is 0.0699. The molecule has 0 unspecified atom stereocenters. The van der Waals surface area contributed by atoms with Gasteiger partial charge in [-0.05, 0) is 28.3 Å². The topological polar surface area (TPSA) is 57.5 Å². The molecule has 18 heavy (non-hydrogen) atoms. The van der Waals surface area contributed by atoms with Crippen LogP contribution in [-0.4, -0.2) is 16.2 Å². The van der Waals surface area contributed by atoms with Crippen LogP contribution in [0, 0.1) is 0 Å². The van der Waals surface area contributed by atoms with Gasteiger partial charge in [0.15, 0.2) is 0 Å². The summed E-state index contributed by atoms with van der Waals surface area (Å²) in [7, 11) is 0. The molecule has 0 aliphatic carbocycles. The van der Waals surface area contributed by atoms with E-state index in [1.165, 1.54) is 6.07 Å². The molecule has 0 heterocycles. The zero-order valence-electron chi connectivity index (χ0n) is 9.42. The highest BCUT2D eigenvalue weighted by Gasteiger charge is 2.12. The van der Waals surface area contributed by atoms with Gasteiger partial charge in [0, 0.05) is 5.39 Å². The minimum Gasteiger partial charge on any atom is -0.507 e. The minimum absolute atomic E-state index is 0.0979. The van der Waals surface area contributed by atoms with E-state index in [4.69, 9.17) is 0 Å². The Morgan fingerprint density at radius 3 is 2.17 bits per heavy atom. The van der Waals surface area contributed by atoms with Crippen LogP contribution in [0.3, 0.4) is 0 Å². The summed E-state index contributed by atoms with van der Waals surface area (Å²) >= 11 is 0. The van der Waals surface area contributed by atoms with Crippen LogP contribution >= 0.6 is 0 Å². The highest BCUT2D eigenvalue weighted by Crippen LogP contribution is 2.33. The van der Waals surface area contributed by atoms with Crippen molar-refractivity contribution in [3.63, 3.8) is 0 Å². The van der Waals surface area contributed by atoms with Crippen LogP contribution in [0.1, 0.15) is 10.4 Å². The molecule has 2 N–H and O–H groups in total. The first-order chi connectivity index (χ1) is 8.68. The van der Waals surface area contributed by atoms with E-state index in [0.717, 1.165) is 10.8 Å². The summed E-state index contributed by atoms with van der Waals surface area (Å²) in [6.45, 7) is 0. The van der Waals surface area contributed by atoms with Crippen molar-refractivity contribution in [3.8, 4) is 5.75 Å². The van der Waals surface area contributed by atoms with Gasteiger partial charge in [-0.1, -0.05) is 36.4 Å². The van der Waals surface area contributed by atoms with Crippen LogP contribution in [0.15, 0.2) is 48.5 Å². The maximum atomic E-state index is 11.3. The molecule has 3 heteroatoms. The summed E-state index contributed by atoms with van der Waals surface area (Å²) in [5.41, 5.74) is 0.208. The van der Waals surface area contributed by atoms with Crippen molar-refractivity contribution < 1.29 is 15.0 Å². The second-order valence-corrected chi connectivity index (χ2v) is 4.15. The monoisotopic (exact) mass is 238 g/mol. The van der Waals surface area contributed by atoms with Gasteiger partial charge in [-0.15, -0.1) is 0 Å². The first-order valence-electron chi connectivity index (χ1n) is 5.55. The van der Waals surface area contributed by atoms with E-state index in [0.29, 0.717) is 10.8 Å². The highest BCUT2D eigenvalue weighted by molar-refractivity contribution is 6.16. The lowest BCUT2D eigenvalue weighted by Crippen LogP contribution is -1.97. The average molecular weight is 238 g/mol. The fraction of sp³-hybridized carbons (Fsp3) is 0. The molecule has 0 atom stereocenters. The van der Waals surface area contributed by atoms with Gasteiger partial charge in [-0.3, -0.25) is 0 Å². The number of carboxylic acids is 1. The predicted molar refractivity (Wildman–Crippen MR) is 70.1 cm³/mol. The van der Waals surface area contributed by atoms with Crippen molar-refractivity contribution in [2.24, 2.45) is 0 Å². The molecule has 0 aromatic heterocycles. The van der Waals surface area contributed by atoms with Gasteiger partial charge < -0.3 is 10.2 Å². The number of hydrogen-bond donors (Lipinski definition) is 2. The first-order valence-corrected chi connectivity index (χ1v) is 5.55. The van der Waals surface area contributed by atoms with Gasteiger partial charge in [-0.2, -0.15) is 0 Å². The van der Waals surface area contributed by atoms with E-state index in [-0.39, 0.29) is 11.3 Å². The van der Waals surface area contributed by atoms with E-state index < -0.39 is 5.97 Å². The Balaban J connectivity index is 2.61. The number of phenols is 1. The van der Waals surface area contributed by atoms with Crippen molar-refractivity contribution >= 4 is 27.5 Å². The number of rotatable bonds is 1. The Morgan fingerprint density at radius 2 is 1.44 bits per heavy atom. The molecular weight excluding hydrogens is 228 g/mol. The normalized spacial score (nSPS) is 10.9. The number of hydrogen-bond acceptors (Lipinski definition) is 2. The molecule has 88 valence electrons. The number of fused-ring (bicyclic) bond motifs is 3. The van der Waals surface area contributed by atoms with Gasteiger partial charge in [0.1, 0.15) is 5.75 Å². The zero-order valence-corrected chi connectivity index (χ0v) is 9.42. The smallest absolute Gasteiger partial charge is 0.336 e. The molecule has 0 saturated heterocycles. The fourth-order valence-corrected chi connectivity index (χ4v) is 2.29. The number of benzene rings is 3. The van der Waals surface area contributed by atoms with Gasteiger partial charge in [0.25, 0.3) is 0 Å². The van der Waals surface area contributed by atoms with Crippen molar-refractivity contribution in [3.05, 3.63) is 54.1 Å². The third-order valence-electron chi connectivity index (χ3n) is 3.11. The summed E-state index contributed by atoms with van der Waals surface area (Å²) in [5.74, 6) is -0.892. The molecule has 3 aromatic rings. The summed E-state index contributed by atoms with van der Waals surface area (Å²) in [6.07, 6.45) is 0. The standard InChI is InChI=1S/C15H10O3/c16-14-7-3-6-10-9-4-1-2-5-11(9)13(15(17)18)8-12(10)14/h1-8,16H,(H,17,18). The fourth-order valence-electron chi connectivity index (χ4n) is 2.29. The van der Waals surface area contributed by atoms with Crippen LogP contribution in [0.5, 0.6) is 5.75 Å². The molecule has 3 rings (SSSR count). The molecule has 3 aromatic carbocycles. The maximum Gasteiger partial charge on any atom is 0.336 e. The van der Waals surface area contributed by atoms with Gasteiger partial charge in [0.05, 0.1) is 5.56 Å². The van der Waals surface area contributed by atoms with E-state index in [2.05, 4.69) is 0 Å². The highest BCUT2D eigenvalue weighted by atomic mass is 16.4. The maximum absolute atomic E-state index is 11.3. The van der Waals surface area contributed by atoms with Crippen molar-refractivity contribution in [2.75, 3.05) is 0 Å². The SMILES string of the molecule is O=C(O)c1cc2c(O)cccc2c2ccccc12. The molecule has 0 aliphatic rings. The van der Waals surface area contributed by atoms with E-state index in [1.54, 1.807) is 18.2 Å². The zero-order chi connectivity index (χ0) is 12.7. The molecule has 0 amide bonds. The Labute approximate surface area is 103 Å². The summed E-state index contributed by atoms with van der Waals surface area (Å²) in [6, 6.07) is 14.0. The van der Waals surface area contributed by atoms with Gasteiger partial charge >= 0.3 is 5.97 Å². The molecule has 0 bridgehead atoms. The molecule has 0 saturated carbocycles. The predicted octanol–water partition coefficient (Wildman–Crippen LogP) is 3.40. The minimum atomic E-state index is -0.989. The Bertz CT molecular complexity index is 775. The second kappa shape index (κ2) is 3.74.